The Morgan fingerprint density at radius 3 is 2.44 bits per heavy atom. The van der Waals surface area contributed by atoms with Crippen molar-refractivity contribution in [1.29, 1.82) is 0 Å². The molecule has 1 saturated heterocycles. The molecule has 18 heavy (non-hydrogen) atoms. The molecule has 0 aromatic carbocycles. The van der Waals surface area contributed by atoms with E-state index in [0.717, 1.165) is 19.3 Å². The van der Waals surface area contributed by atoms with E-state index in [1.165, 1.54) is 0 Å². The first-order valence-corrected chi connectivity index (χ1v) is 8.46. The number of carbonyl (C=O) groups is 1. The summed E-state index contributed by atoms with van der Waals surface area (Å²) in [7, 11) is -3.27. The van der Waals surface area contributed by atoms with Crippen LogP contribution in [0, 0.1) is 0 Å². The van der Waals surface area contributed by atoms with Gasteiger partial charge in [-0.15, -0.1) is 0 Å². The summed E-state index contributed by atoms with van der Waals surface area (Å²) < 4.78 is 23.6. The van der Waals surface area contributed by atoms with Gasteiger partial charge in [0.15, 0.2) is 9.84 Å². The first-order chi connectivity index (χ1) is 8.41. The zero-order valence-corrected chi connectivity index (χ0v) is 11.9. The van der Waals surface area contributed by atoms with Crippen LogP contribution in [0.3, 0.4) is 0 Å². The van der Waals surface area contributed by atoms with Gasteiger partial charge in [-0.25, -0.2) is 8.42 Å². The number of amides is 1. The average Bonchev–Trinajstić information content (AvgIpc) is 2.28. The number of hydrogen-bond donors (Lipinski definition) is 1. The van der Waals surface area contributed by atoms with Crippen LogP contribution in [-0.4, -0.2) is 49.9 Å². The molecule has 0 aromatic rings. The molecule has 1 heterocycles. The van der Waals surface area contributed by atoms with Gasteiger partial charge < -0.3 is 10.6 Å². The van der Waals surface area contributed by atoms with Crippen LogP contribution in [0.15, 0.2) is 0 Å². The highest BCUT2D eigenvalue weighted by atomic mass is 32.2. The van der Waals surface area contributed by atoms with Gasteiger partial charge in [-0.3, -0.25) is 4.79 Å². The van der Waals surface area contributed by atoms with Crippen molar-refractivity contribution in [3.05, 3.63) is 0 Å². The number of piperidine rings is 1. The summed E-state index contributed by atoms with van der Waals surface area (Å²) in [5.41, 5.74) is 5.57. The predicted molar refractivity (Wildman–Crippen MR) is 72.0 cm³/mol. The van der Waals surface area contributed by atoms with E-state index >= 15 is 0 Å². The molecule has 0 radical (unpaired) electrons. The lowest BCUT2D eigenvalue weighted by Gasteiger charge is -2.26. The molecule has 0 aromatic heterocycles. The first kappa shape index (κ1) is 15.4. The summed E-state index contributed by atoms with van der Waals surface area (Å²) in [6, 6.07) is 0.0120. The monoisotopic (exact) mass is 276 g/mol. The molecule has 0 aliphatic carbocycles. The van der Waals surface area contributed by atoms with Gasteiger partial charge in [0.2, 0.25) is 5.91 Å². The molecular weight excluding hydrogens is 252 g/mol. The van der Waals surface area contributed by atoms with Gasteiger partial charge >= 0.3 is 0 Å². The Balaban J connectivity index is 2.36. The number of rotatable bonds is 6. The van der Waals surface area contributed by atoms with Gasteiger partial charge in [-0.2, -0.15) is 0 Å². The van der Waals surface area contributed by atoms with E-state index in [1.54, 1.807) is 4.90 Å². The SMILES string of the molecule is CC(N)CCCS(=O)(=O)CC(=O)N1CCCCC1. The van der Waals surface area contributed by atoms with Gasteiger partial charge in [0.05, 0.1) is 5.75 Å². The highest BCUT2D eigenvalue weighted by Crippen LogP contribution is 2.10. The summed E-state index contributed by atoms with van der Waals surface area (Å²) in [4.78, 5) is 13.5. The molecule has 1 fully saturated rings. The van der Waals surface area contributed by atoms with Crippen LogP contribution in [0.4, 0.5) is 0 Å². The maximum absolute atomic E-state index is 11.8. The van der Waals surface area contributed by atoms with Crippen molar-refractivity contribution >= 4 is 15.7 Å². The topological polar surface area (TPSA) is 80.5 Å². The Morgan fingerprint density at radius 1 is 1.28 bits per heavy atom. The standard InChI is InChI=1S/C12H24N2O3S/c1-11(13)6-5-9-18(16,17)10-12(15)14-7-3-2-4-8-14/h11H,2-10,13H2,1H3. The maximum Gasteiger partial charge on any atom is 0.237 e. The van der Waals surface area contributed by atoms with Crippen molar-refractivity contribution in [2.45, 2.75) is 45.1 Å². The summed E-state index contributed by atoms with van der Waals surface area (Å²) in [6.45, 7) is 3.26. The predicted octanol–water partition coefficient (Wildman–Crippen LogP) is 0.541. The van der Waals surface area contributed by atoms with Crippen LogP contribution in [0.2, 0.25) is 0 Å². The number of sulfone groups is 1. The quantitative estimate of drug-likeness (QED) is 0.768. The Bertz CT molecular complexity index is 360. The van der Waals surface area contributed by atoms with Crippen molar-refractivity contribution in [1.82, 2.24) is 4.90 Å². The Hall–Kier alpha value is -0.620. The van der Waals surface area contributed by atoms with Gasteiger partial charge in [0, 0.05) is 19.1 Å². The number of likely N-dealkylation sites (tertiary alicyclic amines) is 1. The lowest BCUT2D eigenvalue weighted by Crippen LogP contribution is -2.39. The van der Waals surface area contributed by atoms with E-state index < -0.39 is 9.84 Å². The van der Waals surface area contributed by atoms with Crippen LogP contribution in [0.5, 0.6) is 0 Å². The smallest absolute Gasteiger partial charge is 0.237 e. The van der Waals surface area contributed by atoms with E-state index in [4.69, 9.17) is 5.73 Å². The number of hydrogen-bond acceptors (Lipinski definition) is 4. The lowest BCUT2D eigenvalue weighted by atomic mass is 10.1. The third-order valence-electron chi connectivity index (χ3n) is 3.17. The van der Waals surface area contributed by atoms with Gasteiger partial charge in [-0.1, -0.05) is 0 Å². The fourth-order valence-electron chi connectivity index (χ4n) is 2.12. The lowest BCUT2D eigenvalue weighted by molar-refractivity contribution is -0.129. The minimum atomic E-state index is -3.27. The minimum Gasteiger partial charge on any atom is -0.342 e. The van der Waals surface area contributed by atoms with Crippen LogP contribution in [0.1, 0.15) is 39.0 Å². The third-order valence-corrected chi connectivity index (χ3v) is 4.76. The van der Waals surface area contributed by atoms with Crippen LogP contribution >= 0.6 is 0 Å². The van der Waals surface area contributed by atoms with E-state index in [1.807, 2.05) is 6.92 Å². The van der Waals surface area contributed by atoms with Crippen molar-refractivity contribution in [2.24, 2.45) is 5.73 Å². The molecule has 6 heteroatoms. The zero-order valence-electron chi connectivity index (χ0n) is 11.1. The molecule has 1 atom stereocenters. The Morgan fingerprint density at radius 2 is 1.89 bits per heavy atom. The van der Waals surface area contributed by atoms with E-state index in [0.29, 0.717) is 25.9 Å². The number of carbonyl (C=O) groups excluding carboxylic acids is 1. The van der Waals surface area contributed by atoms with E-state index in [-0.39, 0.29) is 23.5 Å². The van der Waals surface area contributed by atoms with Crippen LogP contribution < -0.4 is 5.73 Å². The molecule has 5 nitrogen and oxygen atoms in total. The first-order valence-electron chi connectivity index (χ1n) is 6.64. The van der Waals surface area contributed by atoms with Crippen LogP contribution in [-0.2, 0) is 14.6 Å². The molecule has 1 unspecified atom stereocenters. The fraction of sp³-hybridized carbons (Fsp3) is 0.917. The minimum absolute atomic E-state index is 0.0120. The Kier molecular flexibility index (Phi) is 6.08. The molecule has 1 aliphatic heterocycles. The molecule has 1 amide bonds. The molecule has 0 bridgehead atoms. The van der Waals surface area contributed by atoms with Gasteiger partial charge in [-0.05, 0) is 39.0 Å². The third kappa shape index (κ3) is 5.82. The second-order valence-corrected chi connectivity index (χ2v) is 7.34. The largest absolute Gasteiger partial charge is 0.342 e. The van der Waals surface area contributed by atoms with Crippen molar-refractivity contribution in [3.8, 4) is 0 Å². The molecule has 1 aliphatic rings. The van der Waals surface area contributed by atoms with Crippen molar-refractivity contribution in [2.75, 3.05) is 24.6 Å². The second kappa shape index (κ2) is 7.09. The van der Waals surface area contributed by atoms with Gasteiger partial charge in [0.1, 0.15) is 5.75 Å². The average molecular weight is 276 g/mol. The molecular formula is C12H24N2O3S. The summed E-state index contributed by atoms with van der Waals surface area (Å²) in [5.74, 6) is -0.518. The molecule has 1 rings (SSSR count). The molecule has 2 N–H and O–H groups in total. The highest BCUT2D eigenvalue weighted by Gasteiger charge is 2.22. The highest BCUT2D eigenvalue weighted by molar-refractivity contribution is 7.92. The summed E-state index contributed by atoms with van der Waals surface area (Å²) in [5, 5.41) is 0. The fourth-order valence-corrected chi connectivity index (χ4v) is 3.43. The summed E-state index contributed by atoms with van der Waals surface area (Å²) in [6.07, 6.45) is 4.31. The maximum atomic E-state index is 11.8. The molecule has 0 spiro atoms. The zero-order chi connectivity index (χ0) is 13.6. The van der Waals surface area contributed by atoms with Gasteiger partial charge in [0.25, 0.3) is 0 Å². The van der Waals surface area contributed by atoms with Crippen LogP contribution in [0.25, 0.3) is 0 Å². The Labute approximate surface area is 110 Å². The molecule has 106 valence electrons. The molecule has 0 saturated carbocycles. The second-order valence-electron chi connectivity index (χ2n) is 5.15. The van der Waals surface area contributed by atoms with Crippen molar-refractivity contribution in [3.63, 3.8) is 0 Å². The normalized spacial score (nSPS) is 18.7. The van der Waals surface area contributed by atoms with E-state index in [2.05, 4.69) is 0 Å². The number of nitrogens with two attached hydrogens (primary N) is 1. The summed E-state index contributed by atoms with van der Waals surface area (Å²) >= 11 is 0. The number of nitrogens with zero attached hydrogens (tertiary/aromatic N) is 1. The van der Waals surface area contributed by atoms with Crippen molar-refractivity contribution < 1.29 is 13.2 Å². The van der Waals surface area contributed by atoms with E-state index in [9.17, 15) is 13.2 Å².